The first-order chi connectivity index (χ1) is 11.1. The summed E-state index contributed by atoms with van der Waals surface area (Å²) in [5, 5.41) is 1.80. The Bertz CT molecular complexity index is 741. The summed E-state index contributed by atoms with van der Waals surface area (Å²) in [6, 6.07) is 11.4. The van der Waals surface area contributed by atoms with Gasteiger partial charge < -0.3 is 4.74 Å². The quantitative estimate of drug-likeness (QED) is 0.828. The third-order valence-electron chi connectivity index (χ3n) is 4.05. The van der Waals surface area contributed by atoms with E-state index < -0.39 is 10.0 Å². The highest BCUT2D eigenvalue weighted by atomic mass is 32.2. The van der Waals surface area contributed by atoms with Gasteiger partial charge in [0.2, 0.25) is 0 Å². The predicted molar refractivity (Wildman–Crippen MR) is 92.5 cm³/mol. The van der Waals surface area contributed by atoms with E-state index in [4.69, 9.17) is 4.74 Å². The lowest BCUT2D eigenvalue weighted by molar-refractivity contribution is 0.180. The molecule has 124 valence electrons. The van der Waals surface area contributed by atoms with Crippen molar-refractivity contribution in [3.63, 3.8) is 0 Å². The molecular formula is C17H21NO3S2. The number of sulfonamides is 1. The minimum absolute atomic E-state index is 0.235. The Labute approximate surface area is 141 Å². The van der Waals surface area contributed by atoms with Crippen molar-refractivity contribution in [2.75, 3.05) is 19.7 Å². The first-order valence-corrected chi connectivity index (χ1v) is 10.1. The molecule has 1 atom stereocenters. The van der Waals surface area contributed by atoms with E-state index in [0.717, 1.165) is 24.2 Å². The number of thiophene rings is 1. The molecule has 1 aliphatic rings. The summed E-state index contributed by atoms with van der Waals surface area (Å²) in [7, 11) is -3.34. The van der Waals surface area contributed by atoms with Crippen LogP contribution in [0.2, 0.25) is 0 Å². The largest absolute Gasteiger partial charge is 0.493 e. The van der Waals surface area contributed by atoms with Crippen molar-refractivity contribution < 1.29 is 13.2 Å². The smallest absolute Gasteiger partial charge is 0.252 e. The lowest BCUT2D eigenvalue weighted by Gasteiger charge is -2.31. The van der Waals surface area contributed by atoms with Gasteiger partial charge in [0, 0.05) is 19.0 Å². The third kappa shape index (κ3) is 3.94. The van der Waals surface area contributed by atoms with E-state index in [-0.39, 0.29) is 5.92 Å². The summed E-state index contributed by atoms with van der Waals surface area (Å²) in [5.41, 5.74) is 1.16. The second-order valence-corrected chi connectivity index (χ2v) is 9.04. The molecule has 1 aromatic heterocycles. The molecule has 23 heavy (non-hydrogen) atoms. The average Bonchev–Trinajstić information content (AvgIpc) is 3.09. The molecule has 0 aliphatic carbocycles. The molecule has 0 bridgehead atoms. The standard InChI is InChI=1S/C17H21NO3S2/c1-14-5-2-7-16(11-14)21-13-15-6-3-9-18(12-15)23(19,20)17-8-4-10-22-17/h2,4-5,7-8,10-11,15H,3,6,9,12-13H2,1H3. The molecule has 1 saturated heterocycles. The summed E-state index contributed by atoms with van der Waals surface area (Å²) in [6.45, 7) is 3.72. The Hall–Kier alpha value is -1.37. The molecular weight excluding hydrogens is 330 g/mol. The van der Waals surface area contributed by atoms with Crippen molar-refractivity contribution in [3.8, 4) is 5.75 Å². The molecule has 1 fully saturated rings. The molecule has 6 heteroatoms. The van der Waals surface area contributed by atoms with Crippen molar-refractivity contribution in [3.05, 3.63) is 47.3 Å². The van der Waals surface area contributed by atoms with E-state index in [1.807, 2.05) is 31.2 Å². The van der Waals surface area contributed by atoms with Crippen LogP contribution in [-0.4, -0.2) is 32.4 Å². The molecule has 0 spiro atoms. The molecule has 3 rings (SSSR count). The van der Waals surface area contributed by atoms with Gasteiger partial charge in [0.1, 0.15) is 9.96 Å². The maximum atomic E-state index is 12.6. The summed E-state index contributed by atoms with van der Waals surface area (Å²) in [6.07, 6.45) is 1.88. The van der Waals surface area contributed by atoms with Gasteiger partial charge in [-0.3, -0.25) is 0 Å². The van der Waals surface area contributed by atoms with E-state index in [1.54, 1.807) is 21.8 Å². The summed E-state index contributed by atoms with van der Waals surface area (Å²) in [4.78, 5) is 0. The second kappa shape index (κ2) is 7.03. The fraction of sp³-hybridized carbons (Fsp3) is 0.412. The zero-order chi connectivity index (χ0) is 16.3. The first kappa shape index (κ1) is 16.5. The Morgan fingerprint density at radius 3 is 2.91 bits per heavy atom. The van der Waals surface area contributed by atoms with Crippen LogP contribution in [0.4, 0.5) is 0 Å². The fourth-order valence-electron chi connectivity index (χ4n) is 2.84. The Kier molecular flexibility index (Phi) is 5.04. The minimum atomic E-state index is -3.34. The van der Waals surface area contributed by atoms with Crippen LogP contribution in [0.15, 0.2) is 46.0 Å². The van der Waals surface area contributed by atoms with Crippen LogP contribution in [0.25, 0.3) is 0 Å². The lowest BCUT2D eigenvalue weighted by Crippen LogP contribution is -2.41. The van der Waals surface area contributed by atoms with E-state index in [0.29, 0.717) is 23.9 Å². The maximum Gasteiger partial charge on any atom is 0.252 e. The fourth-order valence-corrected chi connectivity index (χ4v) is 5.54. The van der Waals surface area contributed by atoms with Crippen molar-refractivity contribution >= 4 is 21.4 Å². The van der Waals surface area contributed by atoms with Crippen LogP contribution in [0.5, 0.6) is 5.75 Å². The van der Waals surface area contributed by atoms with Crippen LogP contribution >= 0.6 is 11.3 Å². The Balaban J connectivity index is 1.62. The number of nitrogens with zero attached hydrogens (tertiary/aromatic N) is 1. The number of aryl methyl sites for hydroxylation is 1. The SMILES string of the molecule is Cc1cccc(OCC2CCCN(S(=O)(=O)c3cccs3)C2)c1. The van der Waals surface area contributed by atoms with E-state index in [1.165, 1.54) is 11.3 Å². The number of piperidine rings is 1. The number of hydrogen-bond acceptors (Lipinski definition) is 4. The highest BCUT2D eigenvalue weighted by molar-refractivity contribution is 7.91. The maximum absolute atomic E-state index is 12.6. The molecule has 4 nitrogen and oxygen atoms in total. The van der Waals surface area contributed by atoms with Gasteiger partial charge in [-0.1, -0.05) is 18.2 Å². The molecule has 0 radical (unpaired) electrons. The highest BCUT2D eigenvalue weighted by Crippen LogP contribution is 2.26. The number of hydrogen-bond donors (Lipinski definition) is 0. The minimum Gasteiger partial charge on any atom is -0.493 e. The molecule has 1 aromatic carbocycles. The van der Waals surface area contributed by atoms with Gasteiger partial charge in [-0.25, -0.2) is 8.42 Å². The lowest BCUT2D eigenvalue weighted by atomic mass is 10.0. The topological polar surface area (TPSA) is 46.6 Å². The highest BCUT2D eigenvalue weighted by Gasteiger charge is 2.31. The normalized spacial score (nSPS) is 19.6. The molecule has 1 aliphatic heterocycles. The van der Waals surface area contributed by atoms with Crippen molar-refractivity contribution in [2.24, 2.45) is 5.92 Å². The van der Waals surface area contributed by atoms with Crippen LogP contribution in [-0.2, 0) is 10.0 Å². The monoisotopic (exact) mass is 351 g/mol. The van der Waals surface area contributed by atoms with Gasteiger partial charge >= 0.3 is 0 Å². The Morgan fingerprint density at radius 1 is 1.30 bits per heavy atom. The van der Waals surface area contributed by atoms with E-state index in [9.17, 15) is 8.42 Å². The predicted octanol–water partition coefficient (Wildman–Crippen LogP) is 3.54. The molecule has 2 aromatic rings. The second-order valence-electron chi connectivity index (χ2n) is 5.93. The molecule has 1 unspecified atom stereocenters. The molecule has 0 N–H and O–H groups in total. The van der Waals surface area contributed by atoms with Gasteiger partial charge in [-0.05, 0) is 48.9 Å². The van der Waals surface area contributed by atoms with E-state index >= 15 is 0 Å². The third-order valence-corrected chi connectivity index (χ3v) is 7.28. The van der Waals surface area contributed by atoms with Crippen molar-refractivity contribution in [1.29, 1.82) is 0 Å². The van der Waals surface area contributed by atoms with Gasteiger partial charge in [0.25, 0.3) is 10.0 Å². The van der Waals surface area contributed by atoms with E-state index in [2.05, 4.69) is 0 Å². The average molecular weight is 351 g/mol. The van der Waals surface area contributed by atoms with Crippen LogP contribution in [0, 0.1) is 12.8 Å². The number of rotatable bonds is 5. The van der Waals surface area contributed by atoms with Gasteiger partial charge in [-0.15, -0.1) is 11.3 Å². The van der Waals surface area contributed by atoms with Crippen molar-refractivity contribution in [2.45, 2.75) is 24.0 Å². The van der Waals surface area contributed by atoms with Gasteiger partial charge in [0.05, 0.1) is 6.61 Å². The van der Waals surface area contributed by atoms with Crippen molar-refractivity contribution in [1.82, 2.24) is 4.31 Å². The first-order valence-electron chi connectivity index (χ1n) is 7.79. The number of benzene rings is 1. The van der Waals surface area contributed by atoms with Gasteiger partial charge in [-0.2, -0.15) is 4.31 Å². The zero-order valence-corrected chi connectivity index (χ0v) is 14.8. The van der Waals surface area contributed by atoms with Crippen LogP contribution in [0.1, 0.15) is 18.4 Å². The van der Waals surface area contributed by atoms with Gasteiger partial charge in [0.15, 0.2) is 0 Å². The molecule has 0 amide bonds. The summed E-state index contributed by atoms with van der Waals surface area (Å²) >= 11 is 1.28. The zero-order valence-electron chi connectivity index (χ0n) is 13.1. The van der Waals surface area contributed by atoms with Crippen LogP contribution in [0.3, 0.4) is 0 Å². The number of ether oxygens (including phenoxy) is 1. The summed E-state index contributed by atoms with van der Waals surface area (Å²) in [5.74, 6) is 1.09. The van der Waals surface area contributed by atoms with Crippen LogP contribution < -0.4 is 4.74 Å². The molecule has 0 saturated carbocycles. The molecule has 2 heterocycles. The Morgan fingerprint density at radius 2 is 2.17 bits per heavy atom. The summed E-state index contributed by atoms with van der Waals surface area (Å²) < 4.78 is 33.1.